The molecule has 0 bridgehead atoms. The molecule has 3 aromatic heterocycles. The lowest BCUT2D eigenvalue weighted by Crippen LogP contribution is -2.57. The molecular weight excluding hydrogens is 440 g/mol. The number of carboxylic acids is 1. The molecule has 30 heavy (non-hydrogen) atoms. The summed E-state index contributed by atoms with van der Waals surface area (Å²) < 4.78 is 6.88. The zero-order valence-electron chi connectivity index (χ0n) is 15.3. The number of amides is 1. The molecule has 160 valence electrons. The van der Waals surface area contributed by atoms with E-state index < -0.39 is 37.2 Å². The lowest BCUT2D eigenvalue weighted by atomic mass is 10.0. The van der Waals surface area contributed by atoms with Gasteiger partial charge < -0.3 is 30.3 Å². The molecule has 0 aliphatic heterocycles. The molecule has 3 aromatic rings. The topological polar surface area (TPSA) is 171 Å². The van der Waals surface area contributed by atoms with Gasteiger partial charge in [0.15, 0.2) is 11.5 Å². The van der Waals surface area contributed by atoms with Crippen molar-refractivity contribution in [2.75, 3.05) is 19.8 Å². The molecule has 0 radical (unpaired) electrons. The lowest BCUT2D eigenvalue weighted by molar-refractivity contribution is 0.0373. The molecule has 5 N–H and O–H groups in total. The van der Waals surface area contributed by atoms with Gasteiger partial charge in [-0.2, -0.15) is 5.10 Å². The van der Waals surface area contributed by atoms with Crippen LogP contribution in [0.5, 0.6) is 0 Å². The van der Waals surface area contributed by atoms with Gasteiger partial charge in [-0.1, -0.05) is 16.8 Å². The summed E-state index contributed by atoms with van der Waals surface area (Å²) in [6.45, 7) is -2.28. The number of carbonyl (C=O) groups is 2. The van der Waals surface area contributed by atoms with Gasteiger partial charge in [0, 0.05) is 12.1 Å². The quantitative estimate of drug-likeness (QED) is 0.306. The highest BCUT2D eigenvalue weighted by Gasteiger charge is 2.32. The normalized spacial score (nSPS) is 11.6. The van der Waals surface area contributed by atoms with Gasteiger partial charge in [0.25, 0.3) is 5.91 Å². The number of aliphatic hydroxyl groups is 3. The highest BCUT2D eigenvalue weighted by Crippen LogP contribution is 2.31. The second-order valence-corrected chi connectivity index (χ2v) is 8.09. The van der Waals surface area contributed by atoms with Gasteiger partial charge in [-0.25, -0.2) is 4.79 Å². The van der Waals surface area contributed by atoms with Crippen molar-refractivity contribution >= 4 is 34.8 Å². The number of halogens is 1. The number of nitrogens with zero attached hydrogens (tertiary/aromatic N) is 3. The average Bonchev–Trinajstić information content (AvgIpc) is 3.46. The molecule has 0 atom stereocenters. The highest BCUT2D eigenvalue weighted by atomic mass is 35.5. The van der Waals surface area contributed by atoms with Crippen molar-refractivity contribution in [3.63, 3.8) is 0 Å². The summed E-state index contributed by atoms with van der Waals surface area (Å²) in [5, 5.41) is 47.6. The predicted molar refractivity (Wildman–Crippen MR) is 105 cm³/mol. The van der Waals surface area contributed by atoms with Crippen LogP contribution in [0.3, 0.4) is 0 Å². The van der Waals surface area contributed by atoms with Crippen molar-refractivity contribution in [3.05, 3.63) is 45.7 Å². The minimum absolute atomic E-state index is 0.0946. The lowest BCUT2D eigenvalue weighted by Gasteiger charge is -2.28. The third kappa shape index (κ3) is 4.52. The maximum Gasteiger partial charge on any atom is 0.354 e. The molecule has 0 saturated carbocycles. The summed E-state index contributed by atoms with van der Waals surface area (Å²) in [4.78, 5) is 24.7. The number of carboxylic acid groups (broad SMARTS) is 1. The number of nitrogens with one attached hydrogen (secondary N) is 1. The number of aliphatic hydroxyl groups excluding tert-OH is 3. The molecule has 3 heterocycles. The van der Waals surface area contributed by atoms with E-state index in [0.29, 0.717) is 15.8 Å². The van der Waals surface area contributed by atoms with Crippen LogP contribution in [-0.4, -0.2) is 72.6 Å². The summed E-state index contributed by atoms with van der Waals surface area (Å²) in [7, 11) is 0. The van der Waals surface area contributed by atoms with E-state index in [4.69, 9.17) is 16.1 Å². The first-order valence-electron chi connectivity index (χ1n) is 8.48. The van der Waals surface area contributed by atoms with Crippen LogP contribution in [0.1, 0.15) is 26.7 Å². The zero-order valence-corrected chi connectivity index (χ0v) is 16.9. The SMILES string of the molecule is O=C(NC(CO)(CO)CO)c1cc(C(=O)O)n(Cc2cc(-c3ccc(Cl)s3)on2)n1. The van der Waals surface area contributed by atoms with Crippen molar-refractivity contribution in [1.29, 1.82) is 0 Å². The number of aromatic nitrogens is 3. The second kappa shape index (κ2) is 8.93. The van der Waals surface area contributed by atoms with E-state index >= 15 is 0 Å². The Bertz CT molecular complexity index is 1050. The molecule has 0 unspecified atom stereocenters. The number of hydrogen-bond acceptors (Lipinski definition) is 9. The van der Waals surface area contributed by atoms with Crippen LogP contribution in [0.15, 0.2) is 28.8 Å². The third-order valence-corrected chi connectivity index (χ3v) is 5.45. The summed E-state index contributed by atoms with van der Waals surface area (Å²) >= 11 is 7.19. The highest BCUT2D eigenvalue weighted by molar-refractivity contribution is 7.19. The standard InChI is InChI=1S/C17H17ClN4O7S/c18-14-2-1-13(30-14)12-3-9(21-29-12)5-22-11(16(27)28)4-10(20-22)15(26)19-17(6-23,7-24)8-25/h1-4,23-25H,5-8H2,(H,19,26)(H,27,28). The molecule has 0 fully saturated rings. The molecular formula is C17H17ClN4O7S. The van der Waals surface area contributed by atoms with Crippen LogP contribution < -0.4 is 5.32 Å². The van der Waals surface area contributed by atoms with Crippen molar-refractivity contribution < 1.29 is 34.5 Å². The van der Waals surface area contributed by atoms with Gasteiger partial charge >= 0.3 is 5.97 Å². The predicted octanol–water partition coefficient (Wildman–Crippen LogP) is 0.445. The van der Waals surface area contributed by atoms with Crippen LogP contribution in [0.4, 0.5) is 0 Å². The van der Waals surface area contributed by atoms with Crippen LogP contribution in [-0.2, 0) is 6.54 Å². The number of hydrogen-bond donors (Lipinski definition) is 5. The molecule has 11 nitrogen and oxygen atoms in total. The fourth-order valence-electron chi connectivity index (χ4n) is 2.50. The van der Waals surface area contributed by atoms with Gasteiger partial charge in [0.05, 0.1) is 35.6 Å². The van der Waals surface area contributed by atoms with E-state index in [0.717, 1.165) is 15.6 Å². The van der Waals surface area contributed by atoms with E-state index in [9.17, 15) is 30.0 Å². The van der Waals surface area contributed by atoms with E-state index in [1.165, 1.54) is 11.3 Å². The molecule has 1 amide bonds. The first-order chi connectivity index (χ1) is 14.3. The number of thiophene rings is 1. The Labute approximate surface area is 178 Å². The first-order valence-corrected chi connectivity index (χ1v) is 9.68. The fourth-order valence-corrected chi connectivity index (χ4v) is 3.49. The summed E-state index contributed by atoms with van der Waals surface area (Å²) in [5.41, 5.74) is -1.87. The van der Waals surface area contributed by atoms with Gasteiger partial charge in [-0.15, -0.1) is 11.3 Å². The van der Waals surface area contributed by atoms with Crippen molar-refractivity contribution in [3.8, 4) is 10.6 Å². The molecule has 0 saturated heterocycles. The monoisotopic (exact) mass is 456 g/mol. The second-order valence-electron chi connectivity index (χ2n) is 6.37. The molecule has 0 aliphatic rings. The summed E-state index contributed by atoms with van der Waals surface area (Å²) in [6.07, 6.45) is 0. The Kier molecular flexibility index (Phi) is 6.53. The average molecular weight is 457 g/mol. The van der Waals surface area contributed by atoms with Gasteiger partial charge in [0.1, 0.15) is 16.9 Å². The van der Waals surface area contributed by atoms with Crippen molar-refractivity contribution in [1.82, 2.24) is 20.3 Å². The van der Waals surface area contributed by atoms with Crippen LogP contribution in [0.2, 0.25) is 4.34 Å². The fraction of sp³-hybridized carbons (Fsp3) is 0.294. The molecule has 13 heteroatoms. The number of carbonyl (C=O) groups excluding carboxylic acids is 1. The largest absolute Gasteiger partial charge is 0.477 e. The smallest absolute Gasteiger partial charge is 0.354 e. The first kappa shape index (κ1) is 21.9. The Morgan fingerprint density at radius 3 is 2.47 bits per heavy atom. The Hall–Kier alpha value is -2.77. The van der Waals surface area contributed by atoms with Crippen LogP contribution in [0, 0.1) is 0 Å². The van der Waals surface area contributed by atoms with Crippen molar-refractivity contribution in [2.24, 2.45) is 0 Å². The maximum absolute atomic E-state index is 12.4. The van der Waals surface area contributed by atoms with Gasteiger partial charge in [-0.05, 0) is 12.1 Å². The van der Waals surface area contributed by atoms with Gasteiger partial charge in [-0.3, -0.25) is 9.48 Å². The minimum atomic E-state index is -1.67. The van der Waals surface area contributed by atoms with E-state index in [2.05, 4.69) is 15.6 Å². The molecule has 3 rings (SSSR count). The Morgan fingerprint density at radius 2 is 1.90 bits per heavy atom. The van der Waals surface area contributed by atoms with Gasteiger partial charge in [0.2, 0.25) is 0 Å². The maximum atomic E-state index is 12.4. The number of aromatic carboxylic acids is 1. The van der Waals surface area contributed by atoms with Crippen LogP contribution in [0.25, 0.3) is 10.6 Å². The third-order valence-electron chi connectivity index (χ3n) is 4.21. The van der Waals surface area contributed by atoms with Crippen LogP contribution >= 0.6 is 22.9 Å². The van der Waals surface area contributed by atoms with Crippen molar-refractivity contribution in [2.45, 2.75) is 12.1 Å². The number of rotatable bonds is 9. The Balaban J connectivity index is 1.84. The van der Waals surface area contributed by atoms with E-state index in [1.807, 2.05) is 0 Å². The zero-order chi connectivity index (χ0) is 21.9. The van der Waals surface area contributed by atoms with E-state index in [1.54, 1.807) is 18.2 Å². The molecule has 0 aromatic carbocycles. The summed E-state index contributed by atoms with van der Waals surface area (Å²) in [6, 6.07) is 6.10. The van der Waals surface area contributed by atoms with E-state index in [-0.39, 0.29) is 17.9 Å². The molecule has 0 aliphatic carbocycles. The minimum Gasteiger partial charge on any atom is -0.477 e. The molecule has 0 spiro atoms. The Morgan fingerprint density at radius 1 is 1.20 bits per heavy atom. The summed E-state index contributed by atoms with van der Waals surface area (Å²) in [5.74, 6) is -1.75.